The molecule has 4 aliphatic rings. The third-order valence-electron chi connectivity index (χ3n) is 8.19. The van der Waals surface area contributed by atoms with Gasteiger partial charge in [-0.2, -0.15) is 0 Å². The van der Waals surface area contributed by atoms with E-state index in [4.69, 9.17) is 0 Å². The molecule has 4 heteroatoms. The fourth-order valence-corrected chi connectivity index (χ4v) is 7.10. The predicted molar refractivity (Wildman–Crippen MR) is 93.8 cm³/mol. The SMILES string of the molecule is [O-][NH+](O)C1CCCCC1C[NH+]1CCCC2C3CCCCC3CCC21. The maximum Gasteiger partial charge on any atom is 0.125 e. The molecule has 0 bridgehead atoms. The number of nitrogens with one attached hydrogen (secondary N) is 2. The van der Waals surface area contributed by atoms with E-state index in [0.29, 0.717) is 5.92 Å². The first-order valence-corrected chi connectivity index (χ1v) is 10.8. The zero-order valence-electron chi connectivity index (χ0n) is 15.2. The van der Waals surface area contributed by atoms with Gasteiger partial charge in [0, 0.05) is 12.3 Å². The Bertz CT molecular complexity index is 416. The average Bonchev–Trinajstić information content (AvgIpc) is 2.62. The van der Waals surface area contributed by atoms with Crippen LogP contribution in [-0.4, -0.2) is 30.4 Å². The number of hydrogen-bond acceptors (Lipinski definition) is 2. The van der Waals surface area contributed by atoms with Gasteiger partial charge in [0.25, 0.3) is 0 Å². The second kappa shape index (κ2) is 7.61. The van der Waals surface area contributed by atoms with Crippen LogP contribution in [0.4, 0.5) is 0 Å². The van der Waals surface area contributed by atoms with Crippen molar-refractivity contribution < 1.29 is 15.3 Å². The number of rotatable bonds is 3. The van der Waals surface area contributed by atoms with Crippen LogP contribution < -0.4 is 10.1 Å². The van der Waals surface area contributed by atoms with Crippen LogP contribution >= 0.6 is 0 Å². The highest BCUT2D eigenvalue weighted by Crippen LogP contribution is 2.45. The third-order valence-corrected chi connectivity index (χ3v) is 8.19. The van der Waals surface area contributed by atoms with Crippen LogP contribution in [-0.2, 0) is 0 Å². The minimum atomic E-state index is -0.524. The molecule has 4 rings (SSSR count). The molecule has 0 aromatic heterocycles. The van der Waals surface area contributed by atoms with E-state index in [9.17, 15) is 10.4 Å². The Morgan fingerprint density at radius 2 is 1.58 bits per heavy atom. The molecule has 3 aliphatic carbocycles. The van der Waals surface area contributed by atoms with Crippen LogP contribution in [0, 0.1) is 28.9 Å². The summed E-state index contributed by atoms with van der Waals surface area (Å²) in [7, 11) is 0. The zero-order chi connectivity index (χ0) is 16.5. The number of hydroxylamine groups is 2. The minimum absolute atomic E-state index is 0.0577. The second-order valence-corrected chi connectivity index (χ2v) is 9.30. The van der Waals surface area contributed by atoms with Crippen molar-refractivity contribution in [2.45, 2.75) is 89.1 Å². The Labute approximate surface area is 147 Å². The summed E-state index contributed by atoms with van der Waals surface area (Å²) in [4.78, 5) is 1.80. The first-order valence-electron chi connectivity index (χ1n) is 10.8. The molecule has 0 spiro atoms. The van der Waals surface area contributed by atoms with E-state index in [1.807, 2.05) is 0 Å². The molecule has 0 amide bonds. The van der Waals surface area contributed by atoms with Crippen molar-refractivity contribution in [1.82, 2.24) is 0 Å². The summed E-state index contributed by atoms with van der Waals surface area (Å²) in [6.45, 7) is 2.46. The summed E-state index contributed by atoms with van der Waals surface area (Å²) in [6, 6.07) is 0.798. The summed E-state index contributed by atoms with van der Waals surface area (Å²) < 4.78 is 0. The third kappa shape index (κ3) is 3.40. The maximum absolute atomic E-state index is 11.7. The number of likely N-dealkylation sites (tertiary alicyclic amines) is 1. The summed E-state index contributed by atoms with van der Waals surface area (Å²) >= 11 is 0. The van der Waals surface area contributed by atoms with Gasteiger partial charge in [0.15, 0.2) is 0 Å². The van der Waals surface area contributed by atoms with E-state index in [0.717, 1.165) is 49.6 Å². The average molecular weight is 338 g/mol. The lowest BCUT2D eigenvalue weighted by molar-refractivity contribution is -1.07. The zero-order valence-corrected chi connectivity index (χ0v) is 15.2. The van der Waals surface area contributed by atoms with Crippen molar-refractivity contribution >= 4 is 0 Å². The van der Waals surface area contributed by atoms with Crippen LogP contribution in [0.3, 0.4) is 0 Å². The molecule has 1 saturated heterocycles. The second-order valence-electron chi connectivity index (χ2n) is 9.30. The van der Waals surface area contributed by atoms with Crippen LogP contribution in [0.2, 0.25) is 0 Å². The standard InChI is InChI=1S/C20H36N2O2/c23-22(24)19-10-4-2-7-16(19)14-21-13-5-9-18-17-8-3-1-6-15(17)11-12-20(18)21/h15-20,22-23H,1-14H2/p+1. The van der Waals surface area contributed by atoms with E-state index < -0.39 is 5.23 Å². The molecule has 3 saturated carbocycles. The summed E-state index contributed by atoms with van der Waals surface area (Å²) in [5.41, 5.74) is 0. The largest absolute Gasteiger partial charge is 0.600 e. The molecule has 138 valence electrons. The normalized spacial score (nSPS) is 47.5. The Balaban J connectivity index is 1.43. The molecule has 3 N–H and O–H groups in total. The predicted octanol–water partition coefficient (Wildman–Crippen LogP) is 1.58. The highest BCUT2D eigenvalue weighted by Gasteiger charge is 2.47. The maximum atomic E-state index is 11.7. The molecule has 0 aromatic rings. The van der Waals surface area contributed by atoms with Crippen molar-refractivity contribution in [2.24, 2.45) is 23.7 Å². The molecule has 1 heterocycles. The molecule has 8 atom stereocenters. The van der Waals surface area contributed by atoms with Crippen LogP contribution in [0.25, 0.3) is 0 Å². The Morgan fingerprint density at radius 3 is 2.46 bits per heavy atom. The van der Waals surface area contributed by atoms with Gasteiger partial charge >= 0.3 is 0 Å². The molecular weight excluding hydrogens is 300 g/mol. The number of piperidine rings is 1. The van der Waals surface area contributed by atoms with Gasteiger partial charge in [-0.15, -0.1) is 0 Å². The van der Waals surface area contributed by atoms with E-state index in [1.165, 1.54) is 64.3 Å². The number of fused-ring (bicyclic) bond motifs is 3. The van der Waals surface area contributed by atoms with Gasteiger partial charge in [0.05, 0.1) is 25.0 Å². The molecule has 0 aromatic carbocycles. The van der Waals surface area contributed by atoms with Gasteiger partial charge in [-0.05, 0) is 56.8 Å². The summed E-state index contributed by atoms with van der Waals surface area (Å²) in [5, 5.41) is 20.8. The van der Waals surface area contributed by atoms with Gasteiger partial charge in [-0.25, -0.2) is 10.4 Å². The van der Waals surface area contributed by atoms with Crippen molar-refractivity contribution in [3.63, 3.8) is 0 Å². The Morgan fingerprint density at radius 1 is 0.833 bits per heavy atom. The monoisotopic (exact) mass is 337 g/mol. The molecule has 0 radical (unpaired) electrons. The lowest BCUT2D eigenvalue weighted by Gasteiger charge is -2.50. The fraction of sp³-hybridized carbons (Fsp3) is 1.00. The lowest BCUT2D eigenvalue weighted by Crippen LogP contribution is -3.20. The lowest BCUT2D eigenvalue weighted by atomic mass is 9.61. The van der Waals surface area contributed by atoms with Gasteiger partial charge in [0.2, 0.25) is 0 Å². The molecule has 8 unspecified atom stereocenters. The molecule has 24 heavy (non-hydrogen) atoms. The first-order chi connectivity index (χ1) is 11.7. The number of quaternary nitrogens is 2. The quantitative estimate of drug-likeness (QED) is 0.685. The molecular formula is C20H37N2O2+. The fourth-order valence-electron chi connectivity index (χ4n) is 7.10. The van der Waals surface area contributed by atoms with E-state index in [-0.39, 0.29) is 6.04 Å². The van der Waals surface area contributed by atoms with Crippen molar-refractivity contribution in [3.05, 3.63) is 5.21 Å². The van der Waals surface area contributed by atoms with Crippen LogP contribution in [0.1, 0.15) is 77.0 Å². The first kappa shape index (κ1) is 17.3. The summed E-state index contributed by atoms with van der Waals surface area (Å²) in [5.74, 6) is 3.43. The van der Waals surface area contributed by atoms with Crippen molar-refractivity contribution in [3.8, 4) is 0 Å². The Hall–Kier alpha value is -0.160. The van der Waals surface area contributed by atoms with Crippen LogP contribution in [0.5, 0.6) is 0 Å². The topological polar surface area (TPSA) is 52.2 Å². The number of hydrogen-bond donors (Lipinski definition) is 3. The molecule has 1 aliphatic heterocycles. The summed E-state index contributed by atoms with van der Waals surface area (Å²) in [6.07, 6.45) is 16.1. The minimum Gasteiger partial charge on any atom is -0.600 e. The highest BCUT2D eigenvalue weighted by atomic mass is 16.8. The highest BCUT2D eigenvalue weighted by molar-refractivity contribution is 4.91. The molecule has 4 nitrogen and oxygen atoms in total. The molecule has 4 fully saturated rings. The Kier molecular flexibility index (Phi) is 5.47. The van der Waals surface area contributed by atoms with Crippen molar-refractivity contribution in [1.29, 1.82) is 0 Å². The smallest absolute Gasteiger partial charge is 0.125 e. The van der Waals surface area contributed by atoms with E-state index in [2.05, 4.69) is 0 Å². The van der Waals surface area contributed by atoms with E-state index >= 15 is 0 Å². The van der Waals surface area contributed by atoms with Gasteiger partial charge < -0.3 is 10.1 Å². The van der Waals surface area contributed by atoms with Gasteiger partial charge in [-0.1, -0.05) is 25.7 Å². The van der Waals surface area contributed by atoms with E-state index in [1.54, 1.807) is 4.90 Å². The van der Waals surface area contributed by atoms with Crippen molar-refractivity contribution in [2.75, 3.05) is 13.1 Å². The van der Waals surface area contributed by atoms with Gasteiger partial charge in [-0.3, -0.25) is 0 Å². The van der Waals surface area contributed by atoms with Crippen LogP contribution in [0.15, 0.2) is 0 Å². The van der Waals surface area contributed by atoms with Gasteiger partial charge in [0.1, 0.15) is 6.04 Å².